The summed E-state index contributed by atoms with van der Waals surface area (Å²) in [6.45, 7) is 1.73. The first-order valence-corrected chi connectivity index (χ1v) is 9.21. The molecule has 0 aliphatic heterocycles. The highest BCUT2D eigenvalue weighted by Crippen LogP contribution is 2.27. The van der Waals surface area contributed by atoms with E-state index in [2.05, 4.69) is 5.32 Å². The number of ketones is 1. The lowest BCUT2D eigenvalue weighted by Crippen LogP contribution is -2.35. The van der Waals surface area contributed by atoms with Crippen molar-refractivity contribution in [3.05, 3.63) is 59.7 Å². The van der Waals surface area contributed by atoms with Crippen molar-refractivity contribution in [3.63, 3.8) is 0 Å². The molecule has 0 radical (unpaired) electrons. The Hall–Kier alpha value is -3.35. The molecular formula is C22H25NO6. The number of esters is 1. The van der Waals surface area contributed by atoms with E-state index in [1.54, 1.807) is 49.6 Å². The summed E-state index contributed by atoms with van der Waals surface area (Å²) in [5.74, 6) is -0.0181. The molecule has 0 aliphatic rings. The predicted octanol–water partition coefficient (Wildman–Crippen LogP) is 2.91. The molecule has 1 atom stereocenters. The van der Waals surface area contributed by atoms with Gasteiger partial charge in [-0.25, -0.2) is 0 Å². The number of rotatable bonds is 10. The fourth-order valence-corrected chi connectivity index (χ4v) is 2.62. The second kappa shape index (κ2) is 10.8. The van der Waals surface area contributed by atoms with Crippen LogP contribution >= 0.6 is 0 Å². The first-order chi connectivity index (χ1) is 13.9. The number of Topliss-reactive ketones (excluding diaryl/α,β-unsaturated/α-hetero) is 1. The summed E-state index contributed by atoms with van der Waals surface area (Å²) < 4.78 is 15.5. The highest BCUT2D eigenvalue weighted by Gasteiger charge is 2.18. The Balaban J connectivity index is 1.78. The van der Waals surface area contributed by atoms with Crippen LogP contribution in [0.3, 0.4) is 0 Å². The van der Waals surface area contributed by atoms with Gasteiger partial charge in [-0.3, -0.25) is 14.4 Å². The van der Waals surface area contributed by atoms with Gasteiger partial charge in [0.25, 0.3) is 5.91 Å². The van der Waals surface area contributed by atoms with Crippen LogP contribution in [0.15, 0.2) is 48.5 Å². The van der Waals surface area contributed by atoms with Crippen molar-refractivity contribution in [3.8, 4) is 11.5 Å². The van der Waals surface area contributed by atoms with E-state index in [9.17, 15) is 14.4 Å². The molecule has 154 valence electrons. The average molecular weight is 399 g/mol. The quantitative estimate of drug-likeness (QED) is 0.488. The van der Waals surface area contributed by atoms with E-state index in [0.717, 1.165) is 5.56 Å². The molecule has 2 rings (SSSR count). The molecule has 7 heteroatoms. The van der Waals surface area contributed by atoms with E-state index >= 15 is 0 Å². The maximum absolute atomic E-state index is 12.2. The van der Waals surface area contributed by atoms with Crippen molar-refractivity contribution in [2.24, 2.45) is 0 Å². The highest BCUT2D eigenvalue weighted by molar-refractivity contribution is 5.97. The SMILES string of the molecule is COc1ccc(CNC(=O)[C@H](C)OC(=O)CCC(=O)c2ccccc2)cc1OC. The first-order valence-electron chi connectivity index (χ1n) is 9.21. The van der Waals surface area contributed by atoms with Crippen LogP contribution in [-0.4, -0.2) is 38.0 Å². The summed E-state index contributed by atoms with van der Waals surface area (Å²) in [6, 6.07) is 14.0. The van der Waals surface area contributed by atoms with Gasteiger partial charge in [0.15, 0.2) is 23.4 Å². The number of amides is 1. The number of hydrogen-bond acceptors (Lipinski definition) is 6. The third-order valence-corrected chi connectivity index (χ3v) is 4.24. The summed E-state index contributed by atoms with van der Waals surface area (Å²) in [6.07, 6.45) is -1.02. The number of benzene rings is 2. The standard InChI is InChI=1S/C22H25NO6/c1-15(29-21(25)12-10-18(24)17-7-5-4-6-8-17)22(26)23-14-16-9-11-19(27-2)20(13-16)28-3/h4-9,11,13,15H,10,12,14H2,1-3H3,(H,23,26)/t15-/m0/s1. The van der Waals surface area contributed by atoms with Gasteiger partial charge in [0.05, 0.1) is 20.6 Å². The molecule has 0 saturated carbocycles. The van der Waals surface area contributed by atoms with E-state index in [1.807, 2.05) is 6.07 Å². The van der Waals surface area contributed by atoms with Gasteiger partial charge >= 0.3 is 5.97 Å². The summed E-state index contributed by atoms with van der Waals surface area (Å²) >= 11 is 0. The summed E-state index contributed by atoms with van der Waals surface area (Å²) in [5, 5.41) is 2.70. The van der Waals surface area contributed by atoms with E-state index in [-0.39, 0.29) is 25.2 Å². The normalized spacial score (nSPS) is 11.3. The van der Waals surface area contributed by atoms with Crippen LogP contribution in [0.25, 0.3) is 0 Å². The van der Waals surface area contributed by atoms with E-state index in [0.29, 0.717) is 17.1 Å². The average Bonchev–Trinajstić information content (AvgIpc) is 2.75. The van der Waals surface area contributed by atoms with Crippen LogP contribution in [0, 0.1) is 0 Å². The summed E-state index contributed by atoms with van der Waals surface area (Å²) in [7, 11) is 3.08. The largest absolute Gasteiger partial charge is 0.493 e. The molecule has 0 aromatic heterocycles. The van der Waals surface area contributed by atoms with Gasteiger partial charge < -0.3 is 19.5 Å². The predicted molar refractivity (Wildman–Crippen MR) is 107 cm³/mol. The van der Waals surface area contributed by atoms with Gasteiger partial charge in [-0.15, -0.1) is 0 Å². The molecule has 1 N–H and O–H groups in total. The Kier molecular flexibility index (Phi) is 8.21. The molecule has 0 bridgehead atoms. The maximum atomic E-state index is 12.2. The number of carbonyl (C=O) groups is 3. The van der Waals surface area contributed by atoms with Gasteiger partial charge in [0, 0.05) is 18.5 Å². The maximum Gasteiger partial charge on any atom is 0.307 e. The van der Waals surface area contributed by atoms with Crippen molar-refractivity contribution >= 4 is 17.7 Å². The molecule has 0 fully saturated rings. The first kappa shape index (κ1) is 21.9. The number of nitrogens with one attached hydrogen (secondary N) is 1. The monoisotopic (exact) mass is 399 g/mol. The molecule has 7 nitrogen and oxygen atoms in total. The molecule has 0 saturated heterocycles. The van der Waals surface area contributed by atoms with Crippen molar-refractivity contribution in [1.82, 2.24) is 5.32 Å². The molecule has 0 aliphatic carbocycles. The zero-order chi connectivity index (χ0) is 21.2. The number of ether oxygens (including phenoxy) is 3. The van der Waals surface area contributed by atoms with Crippen molar-refractivity contribution in [1.29, 1.82) is 0 Å². The molecule has 2 aromatic rings. The zero-order valence-corrected chi connectivity index (χ0v) is 16.8. The van der Waals surface area contributed by atoms with Crippen molar-refractivity contribution < 1.29 is 28.6 Å². The Labute approximate surface area is 170 Å². The Bertz CT molecular complexity index is 850. The molecule has 0 spiro atoms. The fourth-order valence-electron chi connectivity index (χ4n) is 2.62. The summed E-state index contributed by atoms with van der Waals surface area (Å²) in [5.41, 5.74) is 1.35. The minimum absolute atomic E-state index is 0.0306. The third-order valence-electron chi connectivity index (χ3n) is 4.24. The fraction of sp³-hybridized carbons (Fsp3) is 0.318. The lowest BCUT2D eigenvalue weighted by atomic mass is 10.1. The van der Waals surface area contributed by atoms with Crippen LogP contribution in [0.5, 0.6) is 11.5 Å². The van der Waals surface area contributed by atoms with E-state index < -0.39 is 18.0 Å². The smallest absolute Gasteiger partial charge is 0.307 e. The van der Waals surface area contributed by atoms with Gasteiger partial charge in [0.2, 0.25) is 0 Å². The molecule has 1 amide bonds. The Morgan fingerprint density at radius 2 is 1.62 bits per heavy atom. The molecule has 0 heterocycles. The lowest BCUT2D eigenvalue weighted by molar-refractivity contribution is -0.154. The van der Waals surface area contributed by atoms with Crippen LogP contribution in [0.1, 0.15) is 35.7 Å². The minimum atomic E-state index is -0.963. The van der Waals surface area contributed by atoms with Crippen molar-refractivity contribution in [2.75, 3.05) is 14.2 Å². The van der Waals surface area contributed by atoms with E-state index in [4.69, 9.17) is 14.2 Å². The minimum Gasteiger partial charge on any atom is -0.493 e. The molecule has 29 heavy (non-hydrogen) atoms. The number of carbonyl (C=O) groups excluding carboxylic acids is 3. The van der Waals surface area contributed by atoms with Crippen LogP contribution in [0.2, 0.25) is 0 Å². The Morgan fingerprint density at radius 3 is 2.28 bits per heavy atom. The number of methoxy groups -OCH3 is 2. The second-order valence-corrected chi connectivity index (χ2v) is 6.33. The molecular weight excluding hydrogens is 374 g/mol. The van der Waals surface area contributed by atoms with Gasteiger partial charge in [-0.2, -0.15) is 0 Å². The van der Waals surface area contributed by atoms with E-state index in [1.165, 1.54) is 14.0 Å². The van der Waals surface area contributed by atoms with Gasteiger partial charge in [-0.1, -0.05) is 36.4 Å². The second-order valence-electron chi connectivity index (χ2n) is 6.33. The lowest BCUT2D eigenvalue weighted by Gasteiger charge is -2.14. The molecule has 2 aromatic carbocycles. The highest BCUT2D eigenvalue weighted by atomic mass is 16.5. The van der Waals surface area contributed by atoms with Gasteiger partial charge in [-0.05, 0) is 24.6 Å². The topological polar surface area (TPSA) is 90.9 Å². The zero-order valence-electron chi connectivity index (χ0n) is 16.8. The van der Waals surface area contributed by atoms with Crippen LogP contribution in [-0.2, 0) is 20.9 Å². The molecule has 0 unspecified atom stereocenters. The van der Waals surface area contributed by atoms with Gasteiger partial charge in [0.1, 0.15) is 0 Å². The van der Waals surface area contributed by atoms with Crippen molar-refractivity contribution in [2.45, 2.75) is 32.4 Å². The van der Waals surface area contributed by atoms with Crippen LogP contribution in [0.4, 0.5) is 0 Å². The summed E-state index contributed by atoms with van der Waals surface area (Å²) in [4.78, 5) is 36.1. The number of hydrogen-bond donors (Lipinski definition) is 1. The Morgan fingerprint density at radius 1 is 0.931 bits per heavy atom. The van der Waals surface area contributed by atoms with Crippen LogP contribution < -0.4 is 14.8 Å². The third kappa shape index (κ3) is 6.64.